The van der Waals surface area contributed by atoms with Crippen molar-refractivity contribution in [2.24, 2.45) is 0 Å². The second-order valence-corrected chi connectivity index (χ2v) is 11.3. The molecule has 0 unspecified atom stereocenters. The van der Waals surface area contributed by atoms with E-state index in [1.165, 1.54) is 22.8 Å². The van der Waals surface area contributed by atoms with Crippen molar-refractivity contribution in [1.29, 1.82) is 0 Å². The largest absolute Gasteiger partial charge is 0.506 e. The average molecular weight is 693 g/mol. The number of nitrogens with zero attached hydrogens (tertiary/aromatic N) is 4. The monoisotopic (exact) mass is 692 g/mol. The summed E-state index contributed by atoms with van der Waals surface area (Å²) < 4.78 is 2.30. The molecule has 2 aromatic carbocycles. The number of pyridine rings is 2. The molecule has 3 amide bonds. The Morgan fingerprint density at radius 2 is 1.65 bits per heavy atom. The Hall–Kier alpha value is -4.56. The maximum absolute atomic E-state index is 13.2. The predicted octanol–water partition coefficient (Wildman–Crippen LogP) is 3.50. The van der Waals surface area contributed by atoms with E-state index in [1.54, 1.807) is 65.8 Å². The fraction of sp³-hybridized carbons (Fsp3) is 0.194. The Balaban J connectivity index is 1.30. The number of hydrogen-bond donors (Lipinski definition) is 3. The first-order chi connectivity index (χ1) is 20.7. The SMILES string of the molecule is CN1CCN(C(=O)Cn2cccc(-c3ccc(C(=O)Nc4c(O)cccc4C(=O)Nc4ccc(I)cn4)cc3)c2=O)CC1. The number of carbonyl (C=O) groups excluding carboxylic acids is 3. The van der Waals surface area contributed by atoms with Crippen LogP contribution in [0.2, 0.25) is 0 Å². The van der Waals surface area contributed by atoms with Crippen molar-refractivity contribution in [1.82, 2.24) is 19.4 Å². The molecule has 0 spiro atoms. The molecule has 0 bridgehead atoms. The van der Waals surface area contributed by atoms with Crippen molar-refractivity contribution in [2.75, 3.05) is 43.9 Å². The lowest BCUT2D eigenvalue weighted by atomic mass is 10.0. The number of phenolic OH excluding ortho intramolecular Hbond substituents is 1. The van der Waals surface area contributed by atoms with E-state index in [0.717, 1.165) is 16.7 Å². The Morgan fingerprint density at radius 3 is 2.35 bits per heavy atom. The summed E-state index contributed by atoms with van der Waals surface area (Å²) in [4.78, 5) is 60.2. The molecule has 5 rings (SSSR count). The van der Waals surface area contributed by atoms with E-state index in [4.69, 9.17) is 0 Å². The minimum Gasteiger partial charge on any atom is -0.506 e. The van der Waals surface area contributed by atoms with Crippen LogP contribution < -0.4 is 16.2 Å². The first-order valence-corrected chi connectivity index (χ1v) is 14.6. The highest BCUT2D eigenvalue weighted by atomic mass is 127. The summed E-state index contributed by atoms with van der Waals surface area (Å²) in [5.41, 5.74) is 0.922. The summed E-state index contributed by atoms with van der Waals surface area (Å²) in [6.45, 7) is 2.80. The number of hydrogen-bond acceptors (Lipinski definition) is 7. The zero-order valence-corrected chi connectivity index (χ0v) is 25.4. The van der Waals surface area contributed by atoms with Crippen LogP contribution in [0.25, 0.3) is 11.1 Å². The molecule has 220 valence electrons. The van der Waals surface area contributed by atoms with Crippen LogP contribution in [0.5, 0.6) is 5.75 Å². The van der Waals surface area contributed by atoms with Gasteiger partial charge in [0.25, 0.3) is 17.4 Å². The third-order valence-electron chi connectivity index (χ3n) is 7.13. The van der Waals surface area contributed by atoms with Crippen LogP contribution in [0.3, 0.4) is 0 Å². The standard InChI is InChI=1S/C31H29IN6O5/c1-36-14-16-37(17-15-36)27(40)19-38-13-3-5-23(31(38)43)20-7-9-21(10-8-20)29(41)35-28-24(4-2-6-25(28)39)30(42)34-26-12-11-22(32)18-33-26/h2-13,18,39H,14-17,19H2,1H3,(H,35,41)(H,33,34,42). The van der Waals surface area contributed by atoms with Gasteiger partial charge < -0.3 is 30.1 Å². The van der Waals surface area contributed by atoms with Gasteiger partial charge in [-0.05, 0) is 83.7 Å². The number of piperazine rings is 1. The van der Waals surface area contributed by atoms with Gasteiger partial charge in [-0.1, -0.05) is 18.2 Å². The van der Waals surface area contributed by atoms with Crippen molar-refractivity contribution in [3.63, 3.8) is 0 Å². The normalized spacial score (nSPS) is 13.4. The summed E-state index contributed by atoms with van der Waals surface area (Å²) >= 11 is 2.10. The van der Waals surface area contributed by atoms with E-state index in [2.05, 4.69) is 43.1 Å². The van der Waals surface area contributed by atoms with Gasteiger partial charge in [0.1, 0.15) is 18.1 Å². The van der Waals surface area contributed by atoms with Crippen molar-refractivity contribution < 1.29 is 19.5 Å². The maximum atomic E-state index is 13.2. The van der Waals surface area contributed by atoms with Crippen molar-refractivity contribution >= 4 is 51.8 Å². The summed E-state index contributed by atoms with van der Waals surface area (Å²) in [5.74, 6) is -1.17. The fourth-order valence-corrected chi connectivity index (χ4v) is 4.98. The zero-order valence-electron chi connectivity index (χ0n) is 23.3. The number of aromatic nitrogens is 2. The molecule has 12 heteroatoms. The zero-order chi connectivity index (χ0) is 30.5. The minimum atomic E-state index is -0.558. The molecule has 4 aromatic rings. The number of aromatic hydroxyl groups is 1. The van der Waals surface area contributed by atoms with Gasteiger partial charge in [-0.25, -0.2) is 4.98 Å². The predicted molar refractivity (Wildman–Crippen MR) is 171 cm³/mol. The molecule has 1 aliphatic rings. The van der Waals surface area contributed by atoms with Crippen molar-refractivity contribution in [2.45, 2.75) is 6.54 Å². The maximum Gasteiger partial charge on any atom is 0.259 e. The average Bonchev–Trinajstić information content (AvgIpc) is 3.00. The van der Waals surface area contributed by atoms with Gasteiger partial charge in [0.05, 0.1) is 11.3 Å². The van der Waals surface area contributed by atoms with Gasteiger partial charge >= 0.3 is 0 Å². The molecule has 11 nitrogen and oxygen atoms in total. The summed E-state index contributed by atoms with van der Waals surface area (Å²) in [7, 11) is 2.01. The first-order valence-electron chi connectivity index (χ1n) is 13.5. The Morgan fingerprint density at radius 1 is 0.907 bits per heavy atom. The summed E-state index contributed by atoms with van der Waals surface area (Å²) in [6.07, 6.45) is 3.19. The van der Waals surface area contributed by atoms with Gasteiger partial charge in [0.15, 0.2) is 0 Å². The molecule has 0 saturated carbocycles. The highest BCUT2D eigenvalue weighted by Gasteiger charge is 2.21. The number of likely N-dealkylation sites (N-methyl/N-ethyl adjacent to an activating group) is 1. The highest BCUT2D eigenvalue weighted by Crippen LogP contribution is 2.29. The number of para-hydroxylation sites is 1. The Labute approximate surface area is 261 Å². The van der Waals surface area contributed by atoms with Gasteiger partial charge in [0.2, 0.25) is 5.91 Å². The number of halogens is 1. The Kier molecular flexibility index (Phi) is 9.16. The van der Waals surface area contributed by atoms with Crippen LogP contribution in [-0.4, -0.2) is 75.4 Å². The highest BCUT2D eigenvalue weighted by molar-refractivity contribution is 14.1. The van der Waals surface area contributed by atoms with Crippen molar-refractivity contribution in [3.05, 3.63) is 104 Å². The topological polar surface area (TPSA) is 137 Å². The molecule has 0 aliphatic carbocycles. The lowest BCUT2D eigenvalue weighted by Gasteiger charge is -2.32. The van der Waals surface area contributed by atoms with Crippen molar-refractivity contribution in [3.8, 4) is 16.9 Å². The molecular formula is C31H29IN6O5. The molecular weight excluding hydrogens is 663 g/mol. The number of anilines is 2. The summed E-state index contributed by atoms with van der Waals surface area (Å²) in [6, 6.07) is 17.5. The lowest BCUT2D eigenvalue weighted by molar-refractivity contribution is -0.133. The smallest absolute Gasteiger partial charge is 0.259 e. The molecule has 3 N–H and O–H groups in total. The fourth-order valence-electron chi connectivity index (χ4n) is 4.66. The molecule has 0 atom stereocenters. The minimum absolute atomic E-state index is 0.0458. The van der Waals surface area contributed by atoms with Crippen LogP contribution in [0.15, 0.2) is 83.9 Å². The molecule has 3 heterocycles. The quantitative estimate of drug-likeness (QED) is 0.199. The molecule has 0 radical (unpaired) electrons. The number of carbonyl (C=O) groups is 3. The van der Waals surface area contributed by atoms with Gasteiger partial charge in [-0.2, -0.15) is 0 Å². The second kappa shape index (κ2) is 13.2. The van der Waals surface area contributed by atoms with Gasteiger partial charge in [-0.15, -0.1) is 0 Å². The van der Waals surface area contributed by atoms with Crippen LogP contribution >= 0.6 is 22.6 Å². The van der Waals surface area contributed by atoms with Crippen LogP contribution in [-0.2, 0) is 11.3 Å². The second-order valence-electron chi connectivity index (χ2n) is 10.1. The van der Waals surface area contributed by atoms with E-state index in [0.29, 0.717) is 30.0 Å². The molecule has 1 saturated heterocycles. The van der Waals surface area contributed by atoms with Crippen LogP contribution in [0.1, 0.15) is 20.7 Å². The molecule has 43 heavy (non-hydrogen) atoms. The molecule has 2 aromatic heterocycles. The number of nitrogens with one attached hydrogen (secondary N) is 2. The van der Waals surface area contributed by atoms with E-state index in [9.17, 15) is 24.3 Å². The van der Waals surface area contributed by atoms with E-state index >= 15 is 0 Å². The third-order valence-corrected chi connectivity index (χ3v) is 7.77. The molecule has 1 fully saturated rings. The number of rotatable bonds is 7. The Bertz CT molecular complexity index is 1710. The molecule has 1 aliphatic heterocycles. The van der Waals surface area contributed by atoms with Gasteiger partial charge in [0, 0.05) is 53.3 Å². The third kappa shape index (κ3) is 7.09. The van der Waals surface area contributed by atoms with Crippen LogP contribution in [0.4, 0.5) is 11.5 Å². The lowest BCUT2D eigenvalue weighted by Crippen LogP contribution is -2.48. The van der Waals surface area contributed by atoms with Crippen LogP contribution in [0, 0.1) is 3.57 Å². The van der Waals surface area contributed by atoms with Gasteiger partial charge in [-0.3, -0.25) is 19.2 Å². The first kappa shape index (κ1) is 29.9. The summed E-state index contributed by atoms with van der Waals surface area (Å²) in [5, 5.41) is 15.8. The number of benzene rings is 2. The van der Waals surface area contributed by atoms with E-state index < -0.39 is 11.8 Å². The van der Waals surface area contributed by atoms with E-state index in [-0.39, 0.29) is 40.6 Å². The number of amides is 3. The van der Waals surface area contributed by atoms with E-state index in [1.807, 2.05) is 7.05 Å². The number of phenols is 1.